The highest BCUT2D eigenvalue weighted by atomic mass is 15.4. The maximum Gasteiger partial charge on any atom is 0.169 e. The van der Waals surface area contributed by atoms with Gasteiger partial charge in [-0.15, -0.1) is 5.10 Å². The van der Waals surface area contributed by atoms with Crippen molar-refractivity contribution < 1.29 is 0 Å². The van der Waals surface area contributed by atoms with Gasteiger partial charge in [0.15, 0.2) is 5.82 Å². The molecule has 1 aliphatic carbocycles. The molecule has 1 aromatic heterocycles. The molecule has 15 heavy (non-hydrogen) atoms. The van der Waals surface area contributed by atoms with E-state index in [1.54, 1.807) is 0 Å². The summed E-state index contributed by atoms with van der Waals surface area (Å²) in [7, 11) is 0. The predicted octanol–water partition coefficient (Wildman–Crippen LogP) is 1.96. The van der Waals surface area contributed by atoms with Crippen molar-refractivity contribution in [1.29, 1.82) is 0 Å². The second kappa shape index (κ2) is 3.51. The standard InChI is InChI=1S/C11H20N4/c1-11(2,3)9-10(12)13-14-15(9)7-8-5-4-6-8/h8H,4-7,12H2,1-3H3. The van der Waals surface area contributed by atoms with Crippen LogP contribution in [-0.2, 0) is 12.0 Å². The molecule has 1 saturated carbocycles. The normalized spacial score (nSPS) is 17.8. The van der Waals surface area contributed by atoms with E-state index in [0.717, 1.165) is 18.2 Å². The maximum atomic E-state index is 5.87. The topological polar surface area (TPSA) is 56.7 Å². The Bertz CT molecular complexity index is 344. The fourth-order valence-corrected chi connectivity index (χ4v) is 2.15. The minimum absolute atomic E-state index is 0.0251. The molecule has 1 fully saturated rings. The molecule has 0 aromatic carbocycles. The van der Waals surface area contributed by atoms with Gasteiger partial charge in [-0.1, -0.05) is 32.4 Å². The molecule has 2 N–H and O–H groups in total. The summed E-state index contributed by atoms with van der Waals surface area (Å²) in [4.78, 5) is 0. The van der Waals surface area contributed by atoms with Gasteiger partial charge in [-0.3, -0.25) is 0 Å². The first-order chi connectivity index (χ1) is 6.98. The Morgan fingerprint density at radius 2 is 2.07 bits per heavy atom. The monoisotopic (exact) mass is 208 g/mol. The van der Waals surface area contributed by atoms with E-state index in [9.17, 15) is 0 Å². The maximum absolute atomic E-state index is 5.87. The highest BCUT2D eigenvalue weighted by Gasteiger charge is 2.26. The van der Waals surface area contributed by atoms with E-state index in [1.807, 2.05) is 4.68 Å². The van der Waals surface area contributed by atoms with Gasteiger partial charge in [0.2, 0.25) is 0 Å². The third kappa shape index (κ3) is 1.98. The molecule has 0 radical (unpaired) electrons. The Morgan fingerprint density at radius 1 is 1.40 bits per heavy atom. The number of nitrogens with zero attached hydrogens (tertiary/aromatic N) is 3. The first-order valence-corrected chi connectivity index (χ1v) is 5.68. The summed E-state index contributed by atoms with van der Waals surface area (Å²) in [5.74, 6) is 1.37. The highest BCUT2D eigenvalue weighted by molar-refractivity contribution is 5.37. The van der Waals surface area contributed by atoms with Crippen LogP contribution in [0.15, 0.2) is 0 Å². The Morgan fingerprint density at radius 3 is 2.53 bits per heavy atom. The molecule has 2 rings (SSSR count). The van der Waals surface area contributed by atoms with Crippen molar-refractivity contribution in [2.45, 2.75) is 52.0 Å². The molecule has 0 spiro atoms. The van der Waals surface area contributed by atoms with Gasteiger partial charge in [0, 0.05) is 12.0 Å². The fourth-order valence-electron chi connectivity index (χ4n) is 2.15. The van der Waals surface area contributed by atoms with Gasteiger partial charge in [0.05, 0.1) is 5.69 Å². The molecule has 0 unspecified atom stereocenters. The molecule has 0 saturated heterocycles. The van der Waals surface area contributed by atoms with Crippen molar-refractivity contribution in [3.63, 3.8) is 0 Å². The minimum atomic E-state index is 0.0251. The summed E-state index contributed by atoms with van der Waals surface area (Å²) in [5.41, 5.74) is 6.97. The van der Waals surface area contributed by atoms with E-state index in [4.69, 9.17) is 5.73 Å². The van der Waals surface area contributed by atoms with Crippen LogP contribution < -0.4 is 5.73 Å². The summed E-state index contributed by atoms with van der Waals surface area (Å²) in [6.07, 6.45) is 4.01. The predicted molar refractivity (Wildman–Crippen MR) is 60.5 cm³/mol. The molecule has 84 valence electrons. The first-order valence-electron chi connectivity index (χ1n) is 5.68. The molecule has 1 aliphatic rings. The number of aromatic nitrogens is 3. The Kier molecular flexibility index (Phi) is 2.44. The average molecular weight is 208 g/mol. The highest BCUT2D eigenvalue weighted by Crippen LogP contribution is 2.31. The molecule has 0 bridgehead atoms. The van der Waals surface area contributed by atoms with Crippen LogP contribution >= 0.6 is 0 Å². The number of nitrogens with two attached hydrogens (primary N) is 1. The lowest BCUT2D eigenvalue weighted by atomic mass is 9.85. The third-order valence-electron chi connectivity index (χ3n) is 3.13. The molecule has 1 heterocycles. The van der Waals surface area contributed by atoms with Crippen molar-refractivity contribution in [3.05, 3.63) is 5.69 Å². The van der Waals surface area contributed by atoms with Gasteiger partial charge in [0.25, 0.3) is 0 Å². The first kappa shape index (κ1) is 10.5. The van der Waals surface area contributed by atoms with Crippen molar-refractivity contribution in [2.24, 2.45) is 5.92 Å². The Hall–Kier alpha value is -1.06. The van der Waals surface area contributed by atoms with E-state index in [1.165, 1.54) is 19.3 Å². The van der Waals surface area contributed by atoms with Gasteiger partial charge in [-0.25, -0.2) is 4.68 Å². The van der Waals surface area contributed by atoms with Crippen LogP contribution in [0, 0.1) is 5.92 Å². The number of nitrogen functional groups attached to an aromatic ring is 1. The van der Waals surface area contributed by atoms with Crippen molar-refractivity contribution >= 4 is 5.82 Å². The smallest absolute Gasteiger partial charge is 0.169 e. The summed E-state index contributed by atoms with van der Waals surface area (Å²) >= 11 is 0. The third-order valence-corrected chi connectivity index (χ3v) is 3.13. The van der Waals surface area contributed by atoms with Gasteiger partial charge in [-0.2, -0.15) is 0 Å². The van der Waals surface area contributed by atoms with Gasteiger partial charge >= 0.3 is 0 Å². The second-order valence-electron chi connectivity index (χ2n) is 5.55. The summed E-state index contributed by atoms with van der Waals surface area (Å²) in [6, 6.07) is 0. The van der Waals surface area contributed by atoms with E-state index >= 15 is 0 Å². The SMILES string of the molecule is CC(C)(C)c1c(N)nnn1CC1CCC1. The fraction of sp³-hybridized carbons (Fsp3) is 0.818. The summed E-state index contributed by atoms with van der Waals surface area (Å²) in [5, 5.41) is 8.13. The quantitative estimate of drug-likeness (QED) is 0.808. The summed E-state index contributed by atoms with van der Waals surface area (Å²) in [6.45, 7) is 7.44. The average Bonchev–Trinajstić information content (AvgIpc) is 2.38. The number of hydrogen-bond donors (Lipinski definition) is 1. The largest absolute Gasteiger partial charge is 0.381 e. The van der Waals surface area contributed by atoms with Gasteiger partial charge < -0.3 is 5.73 Å². The van der Waals surface area contributed by atoms with E-state index in [-0.39, 0.29) is 5.41 Å². The summed E-state index contributed by atoms with van der Waals surface area (Å²) < 4.78 is 2.00. The van der Waals surface area contributed by atoms with Crippen LogP contribution in [0.2, 0.25) is 0 Å². The second-order valence-corrected chi connectivity index (χ2v) is 5.55. The van der Waals surface area contributed by atoms with Crippen LogP contribution in [0.1, 0.15) is 45.7 Å². The van der Waals surface area contributed by atoms with Crippen molar-refractivity contribution in [1.82, 2.24) is 15.0 Å². The zero-order valence-corrected chi connectivity index (χ0v) is 9.82. The lowest BCUT2D eigenvalue weighted by Crippen LogP contribution is -2.25. The van der Waals surface area contributed by atoms with Gasteiger partial charge in [0.1, 0.15) is 0 Å². The van der Waals surface area contributed by atoms with Gasteiger partial charge in [-0.05, 0) is 18.8 Å². The number of hydrogen-bond acceptors (Lipinski definition) is 3. The number of rotatable bonds is 2. The Balaban J connectivity index is 2.22. The molecule has 1 aromatic rings. The molecule has 0 amide bonds. The number of anilines is 1. The molecule has 4 heteroatoms. The lowest BCUT2D eigenvalue weighted by Gasteiger charge is -2.27. The van der Waals surface area contributed by atoms with Crippen molar-refractivity contribution in [3.8, 4) is 0 Å². The van der Waals surface area contributed by atoms with E-state index < -0.39 is 0 Å². The van der Waals surface area contributed by atoms with E-state index in [2.05, 4.69) is 31.1 Å². The molecular weight excluding hydrogens is 188 g/mol. The van der Waals surface area contributed by atoms with Crippen LogP contribution in [-0.4, -0.2) is 15.0 Å². The van der Waals surface area contributed by atoms with Crippen LogP contribution in [0.25, 0.3) is 0 Å². The lowest BCUT2D eigenvalue weighted by molar-refractivity contribution is 0.257. The Labute approximate surface area is 90.8 Å². The molecular formula is C11H20N4. The van der Waals surface area contributed by atoms with Crippen molar-refractivity contribution in [2.75, 3.05) is 5.73 Å². The van der Waals surface area contributed by atoms with E-state index in [0.29, 0.717) is 5.82 Å². The zero-order chi connectivity index (χ0) is 11.1. The molecule has 0 atom stereocenters. The minimum Gasteiger partial charge on any atom is -0.381 e. The molecule has 0 aliphatic heterocycles. The molecule has 4 nitrogen and oxygen atoms in total. The van der Waals surface area contributed by atoms with Crippen LogP contribution in [0.4, 0.5) is 5.82 Å². The van der Waals surface area contributed by atoms with Crippen LogP contribution in [0.3, 0.4) is 0 Å². The zero-order valence-electron chi connectivity index (χ0n) is 9.82. The van der Waals surface area contributed by atoms with Crippen LogP contribution in [0.5, 0.6) is 0 Å².